The summed E-state index contributed by atoms with van der Waals surface area (Å²) in [5, 5.41) is 12.0. The first-order chi connectivity index (χ1) is 10.9. The highest BCUT2D eigenvalue weighted by Crippen LogP contribution is 2.25. The largest absolute Gasteiger partial charge is 0.465 e. The third-order valence-corrected chi connectivity index (χ3v) is 3.87. The van der Waals surface area contributed by atoms with Crippen molar-refractivity contribution in [1.82, 2.24) is 4.98 Å². The SMILES string of the molecule is N#C/C(=C\C=C\c1ccco1)c1nc(-c2ccccc2)cs1. The maximum Gasteiger partial charge on any atom is 0.134 e. The first kappa shape index (κ1) is 14.1. The van der Waals surface area contributed by atoms with E-state index >= 15 is 0 Å². The molecule has 0 aliphatic heterocycles. The minimum absolute atomic E-state index is 0.537. The van der Waals surface area contributed by atoms with Gasteiger partial charge in [0.2, 0.25) is 0 Å². The number of hydrogen-bond acceptors (Lipinski definition) is 4. The number of thiazole rings is 1. The van der Waals surface area contributed by atoms with Crippen molar-refractivity contribution in [2.45, 2.75) is 0 Å². The van der Waals surface area contributed by atoms with Gasteiger partial charge in [-0.2, -0.15) is 5.26 Å². The summed E-state index contributed by atoms with van der Waals surface area (Å²) in [5.41, 5.74) is 2.47. The van der Waals surface area contributed by atoms with Gasteiger partial charge in [-0.05, 0) is 24.3 Å². The highest BCUT2D eigenvalue weighted by atomic mass is 32.1. The summed E-state index contributed by atoms with van der Waals surface area (Å²) in [5.74, 6) is 0.748. The van der Waals surface area contributed by atoms with Crippen molar-refractivity contribution in [3.8, 4) is 17.3 Å². The van der Waals surface area contributed by atoms with Crippen LogP contribution in [0.3, 0.4) is 0 Å². The third kappa shape index (κ3) is 3.22. The molecular formula is C18H12N2OS. The van der Waals surface area contributed by atoms with Crippen molar-refractivity contribution in [3.05, 3.63) is 77.0 Å². The molecule has 22 heavy (non-hydrogen) atoms. The molecule has 0 amide bonds. The van der Waals surface area contributed by atoms with E-state index in [1.165, 1.54) is 11.3 Å². The molecule has 1 aromatic carbocycles. The van der Waals surface area contributed by atoms with Crippen molar-refractivity contribution < 1.29 is 4.42 Å². The van der Waals surface area contributed by atoms with Crippen LogP contribution in [0.1, 0.15) is 10.8 Å². The van der Waals surface area contributed by atoms with E-state index < -0.39 is 0 Å². The minimum Gasteiger partial charge on any atom is -0.465 e. The normalized spacial score (nSPS) is 11.7. The zero-order chi connectivity index (χ0) is 15.2. The van der Waals surface area contributed by atoms with Crippen molar-refractivity contribution in [2.24, 2.45) is 0 Å². The van der Waals surface area contributed by atoms with Crippen LogP contribution in [0.25, 0.3) is 22.9 Å². The molecule has 2 aromatic heterocycles. The lowest BCUT2D eigenvalue weighted by molar-refractivity contribution is 0.557. The number of rotatable bonds is 4. The van der Waals surface area contributed by atoms with Crippen LogP contribution in [-0.4, -0.2) is 4.98 Å². The van der Waals surface area contributed by atoms with Gasteiger partial charge in [-0.15, -0.1) is 11.3 Å². The Bertz CT molecular complexity index is 837. The fraction of sp³-hybridized carbons (Fsp3) is 0. The molecule has 0 atom stereocenters. The Balaban J connectivity index is 1.83. The molecule has 3 nitrogen and oxygen atoms in total. The number of nitrogens with zero attached hydrogens (tertiary/aromatic N) is 2. The maximum atomic E-state index is 9.31. The average Bonchev–Trinajstić information content (AvgIpc) is 3.24. The predicted octanol–water partition coefficient (Wildman–Crippen LogP) is 5.02. The van der Waals surface area contributed by atoms with Crippen molar-refractivity contribution >= 4 is 23.0 Å². The van der Waals surface area contributed by atoms with Crippen LogP contribution in [0.4, 0.5) is 0 Å². The molecule has 0 bridgehead atoms. The first-order valence-corrected chi connectivity index (χ1v) is 7.58. The molecule has 3 aromatic rings. The van der Waals surface area contributed by atoms with E-state index in [1.807, 2.05) is 53.9 Å². The third-order valence-electron chi connectivity index (χ3n) is 2.99. The maximum absolute atomic E-state index is 9.31. The van der Waals surface area contributed by atoms with Gasteiger partial charge in [0.25, 0.3) is 0 Å². The number of aromatic nitrogens is 1. The lowest BCUT2D eigenvalue weighted by Gasteiger charge is -1.94. The summed E-state index contributed by atoms with van der Waals surface area (Å²) in [6, 6.07) is 15.8. The molecular weight excluding hydrogens is 292 g/mol. The fourth-order valence-electron chi connectivity index (χ4n) is 1.92. The smallest absolute Gasteiger partial charge is 0.134 e. The molecule has 0 N–H and O–H groups in total. The van der Waals surface area contributed by atoms with Crippen molar-refractivity contribution in [3.63, 3.8) is 0 Å². The molecule has 4 heteroatoms. The summed E-state index contributed by atoms with van der Waals surface area (Å²) >= 11 is 1.47. The van der Waals surface area contributed by atoms with Gasteiger partial charge in [0, 0.05) is 10.9 Å². The Labute approximate surface area is 132 Å². The van der Waals surface area contributed by atoms with E-state index in [0.29, 0.717) is 10.6 Å². The van der Waals surface area contributed by atoms with Gasteiger partial charge in [-0.1, -0.05) is 36.4 Å². The summed E-state index contributed by atoms with van der Waals surface area (Å²) in [6.45, 7) is 0. The van der Waals surface area contributed by atoms with Crippen LogP contribution in [0.5, 0.6) is 0 Å². The predicted molar refractivity (Wildman–Crippen MR) is 88.9 cm³/mol. The Morgan fingerprint density at radius 1 is 1.18 bits per heavy atom. The lowest BCUT2D eigenvalue weighted by Crippen LogP contribution is -1.81. The van der Waals surface area contributed by atoms with Crippen LogP contribution in [0, 0.1) is 11.3 Å². The minimum atomic E-state index is 0.537. The van der Waals surface area contributed by atoms with E-state index in [4.69, 9.17) is 4.42 Å². The van der Waals surface area contributed by atoms with Gasteiger partial charge in [0.15, 0.2) is 0 Å². The molecule has 0 saturated heterocycles. The van der Waals surface area contributed by atoms with Crippen molar-refractivity contribution in [2.75, 3.05) is 0 Å². The average molecular weight is 304 g/mol. The van der Waals surface area contributed by atoms with Gasteiger partial charge in [-0.25, -0.2) is 4.98 Å². The van der Waals surface area contributed by atoms with E-state index in [-0.39, 0.29) is 0 Å². The molecule has 0 spiro atoms. The van der Waals surface area contributed by atoms with Crippen molar-refractivity contribution in [1.29, 1.82) is 5.26 Å². The van der Waals surface area contributed by atoms with E-state index in [2.05, 4.69) is 11.1 Å². The van der Waals surface area contributed by atoms with Crippen LogP contribution in [0.2, 0.25) is 0 Å². The molecule has 0 aliphatic rings. The van der Waals surface area contributed by atoms with E-state index in [0.717, 1.165) is 17.0 Å². The number of hydrogen-bond donors (Lipinski definition) is 0. The van der Waals surface area contributed by atoms with Crippen LogP contribution in [-0.2, 0) is 0 Å². The molecule has 0 fully saturated rings. The zero-order valence-electron chi connectivity index (χ0n) is 11.6. The Morgan fingerprint density at radius 2 is 2.05 bits per heavy atom. The molecule has 0 aliphatic carbocycles. The standard InChI is InChI=1S/C18H12N2OS/c19-12-15(8-4-9-16-10-5-11-21-16)18-20-17(13-22-18)14-6-2-1-3-7-14/h1-11,13H/b9-4+,15-8+. The molecule has 106 valence electrons. The fourth-order valence-corrected chi connectivity index (χ4v) is 2.72. The second-order valence-corrected chi connectivity index (χ2v) is 5.33. The summed E-state index contributed by atoms with van der Waals surface area (Å²) in [4.78, 5) is 4.54. The Morgan fingerprint density at radius 3 is 2.77 bits per heavy atom. The molecule has 0 unspecified atom stereocenters. The van der Waals surface area contributed by atoms with E-state index in [9.17, 15) is 5.26 Å². The lowest BCUT2D eigenvalue weighted by atomic mass is 10.2. The second-order valence-electron chi connectivity index (χ2n) is 4.47. The molecule has 0 radical (unpaired) electrons. The molecule has 3 rings (SSSR count). The van der Waals surface area contributed by atoms with Gasteiger partial charge in [-0.3, -0.25) is 0 Å². The summed E-state index contributed by atoms with van der Waals surface area (Å²) in [6.07, 6.45) is 6.96. The Hall–Kier alpha value is -2.90. The summed E-state index contributed by atoms with van der Waals surface area (Å²) < 4.78 is 5.20. The van der Waals surface area contributed by atoms with Gasteiger partial charge in [0.1, 0.15) is 16.8 Å². The Kier molecular flexibility index (Phi) is 4.28. The zero-order valence-corrected chi connectivity index (χ0v) is 12.5. The van der Waals surface area contributed by atoms with Crippen LogP contribution in [0.15, 0.2) is 70.7 Å². The van der Waals surface area contributed by atoms with E-state index in [1.54, 1.807) is 18.4 Å². The number of nitriles is 1. The quantitative estimate of drug-likeness (QED) is 0.502. The second kappa shape index (κ2) is 6.70. The van der Waals surface area contributed by atoms with Gasteiger partial charge >= 0.3 is 0 Å². The van der Waals surface area contributed by atoms with Crippen LogP contribution < -0.4 is 0 Å². The number of furan rings is 1. The summed E-state index contributed by atoms with van der Waals surface area (Å²) in [7, 11) is 0. The number of benzene rings is 1. The van der Waals surface area contributed by atoms with Gasteiger partial charge < -0.3 is 4.42 Å². The monoisotopic (exact) mass is 304 g/mol. The topological polar surface area (TPSA) is 49.8 Å². The van der Waals surface area contributed by atoms with Gasteiger partial charge in [0.05, 0.1) is 17.5 Å². The highest BCUT2D eigenvalue weighted by Gasteiger charge is 2.07. The number of allylic oxidation sites excluding steroid dienone is 3. The molecule has 2 heterocycles. The molecule has 0 saturated carbocycles. The first-order valence-electron chi connectivity index (χ1n) is 6.70. The highest BCUT2D eigenvalue weighted by molar-refractivity contribution is 7.11. The van der Waals surface area contributed by atoms with Crippen LogP contribution >= 0.6 is 11.3 Å².